The second kappa shape index (κ2) is 4.85. The minimum absolute atomic E-state index is 0.583. The maximum atomic E-state index is 5.66. The lowest BCUT2D eigenvalue weighted by Crippen LogP contribution is -2.05. The van der Waals surface area contributed by atoms with E-state index in [4.69, 9.17) is 5.73 Å². The fourth-order valence-electron chi connectivity index (χ4n) is 1.79. The number of hydrogen-bond donors (Lipinski definition) is 1. The minimum atomic E-state index is 0.583. The number of tetrazole rings is 1. The summed E-state index contributed by atoms with van der Waals surface area (Å²) in [5, 5.41) is 11.7. The molecular formula is C13H12N6. The first-order chi connectivity index (χ1) is 9.33. The Kier molecular flexibility index (Phi) is 2.89. The van der Waals surface area contributed by atoms with E-state index in [1.807, 2.05) is 42.5 Å². The molecule has 1 aromatic carbocycles. The van der Waals surface area contributed by atoms with Gasteiger partial charge >= 0.3 is 0 Å². The van der Waals surface area contributed by atoms with Crippen LogP contribution in [0.5, 0.6) is 0 Å². The summed E-state index contributed by atoms with van der Waals surface area (Å²) < 4.78 is 1.72. The standard InChI is InChI=1S/C13H12N6/c14-11-6-4-10(5-7-11)9-19-13(16-17-18-19)12-3-1-2-8-15-12/h1-8H,9,14H2. The number of aromatic nitrogens is 5. The van der Waals surface area contributed by atoms with Gasteiger partial charge < -0.3 is 5.73 Å². The average molecular weight is 252 g/mol. The Balaban J connectivity index is 1.91. The highest BCUT2D eigenvalue weighted by molar-refractivity contribution is 5.48. The van der Waals surface area contributed by atoms with Gasteiger partial charge in [-0.25, -0.2) is 4.68 Å². The first kappa shape index (κ1) is 11.3. The van der Waals surface area contributed by atoms with Crippen molar-refractivity contribution in [3.05, 3.63) is 54.2 Å². The molecule has 3 aromatic rings. The number of hydrogen-bond acceptors (Lipinski definition) is 5. The predicted octanol–water partition coefficient (Wildman–Crippen LogP) is 1.37. The Labute approximate surface area is 109 Å². The number of anilines is 1. The SMILES string of the molecule is Nc1ccc(Cn2nnnc2-c2ccccn2)cc1. The predicted molar refractivity (Wildman–Crippen MR) is 71.0 cm³/mol. The molecule has 2 heterocycles. The third-order valence-corrected chi connectivity index (χ3v) is 2.74. The van der Waals surface area contributed by atoms with E-state index >= 15 is 0 Å². The Morgan fingerprint density at radius 3 is 2.63 bits per heavy atom. The van der Waals surface area contributed by atoms with Crippen LogP contribution in [0.1, 0.15) is 5.56 Å². The Hall–Kier alpha value is -2.76. The number of pyridine rings is 1. The molecule has 0 aliphatic carbocycles. The molecule has 19 heavy (non-hydrogen) atoms. The van der Waals surface area contributed by atoms with Crippen molar-refractivity contribution in [2.45, 2.75) is 6.54 Å². The van der Waals surface area contributed by atoms with Gasteiger partial charge in [0, 0.05) is 11.9 Å². The molecular weight excluding hydrogens is 240 g/mol. The molecule has 3 rings (SSSR count). The van der Waals surface area contributed by atoms with Crippen molar-refractivity contribution >= 4 is 5.69 Å². The van der Waals surface area contributed by atoms with Gasteiger partial charge in [-0.2, -0.15) is 0 Å². The first-order valence-corrected chi connectivity index (χ1v) is 5.85. The molecule has 94 valence electrons. The van der Waals surface area contributed by atoms with Gasteiger partial charge in [-0.05, 0) is 40.3 Å². The van der Waals surface area contributed by atoms with Gasteiger partial charge in [0.15, 0.2) is 0 Å². The van der Waals surface area contributed by atoms with Crippen LogP contribution in [0.3, 0.4) is 0 Å². The van der Waals surface area contributed by atoms with Crippen molar-refractivity contribution in [1.29, 1.82) is 0 Å². The summed E-state index contributed by atoms with van der Waals surface area (Å²) in [7, 11) is 0. The number of nitrogens with zero attached hydrogens (tertiary/aromatic N) is 5. The second-order valence-corrected chi connectivity index (χ2v) is 4.12. The summed E-state index contributed by atoms with van der Waals surface area (Å²) in [4.78, 5) is 4.25. The van der Waals surface area contributed by atoms with Crippen LogP contribution in [0.25, 0.3) is 11.5 Å². The zero-order valence-electron chi connectivity index (χ0n) is 10.1. The van der Waals surface area contributed by atoms with Gasteiger partial charge in [0.1, 0.15) is 5.69 Å². The van der Waals surface area contributed by atoms with Gasteiger partial charge in [-0.3, -0.25) is 4.98 Å². The topological polar surface area (TPSA) is 82.5 Å². The van der Waals surface area contributed by atoms with E-state index in [1.54, 1.807) is 10.9 Å². The molecule has 6 nitrogen and oxygen atoms in total. The zero-order chi connectivity index (χ0) is 13.1. The van der Waals surface area contributed by atoms with Crippen LogP contribution in [-0.4, -0.2) is 25.2 Å². The molecule has 0 radical (unpaired) electrons. The van der Waals surface area contributed by atoms with Crippen LogP contribution in [0.4, 0.5) is 5.69 Å². The molecule has 0 saturated heterocycles. The van der Waals surface area contributed by atoms with Gasteiger partial charge in [-0.1, -0.05) is 18.2 Å². The Morgan fingerprint density at radius 2 is 1.89 bits per heavy atom. The van der Waals surface area contributed by atoms with E-state index in [1.165, 1.54) is 0 Å². The molecule has 0 unspecified atom stereocenters. The second-order valence-electron chi connectivity index (χ2n) is 4.12. The largest absolute Gasteiger partial charge is 0.399 e. The highest BCUT2D eigenvalue weighted by Gasteiger charge is 2.09. The van der Waals surface area contributed by atoms with E-state index < -0.39 is 0 Å². The number of benzene rings is 1. The Bertz CT molecular complexity index is 659. The average Bonchev–Trinajstić information content (AvgIpc) is 2.90. The molecule has 0 amide bonds. The molecule has 2 N–H and O–H groups in total. The molecule has 2 aromatic heterocycles. The minimum Gasteiger partial charge on any atom is -0.399 e. The summed E-state index contributed by atoms with van der Waals surface area (Å²) in [5.74, 6) is 0.650. The summed E-state index contributed by atoms with van der Waals surface area (Å²) in [6.07, 6.45) is 1.72. The number of nitrogen functional groups attached to an aromatic ring is 1. The highest BCUT2D eigenvalue weighted by Crippen LogP contribution is 2.14. The summed E-state index contributed by atoms with van der Waals surface area (Å²) in [5.41, 5.74) is 8.24. The van der Waals surface area contributed by atoms with E-state index in [2.05, 4.69) is 20.5 Å². The molecule has 0 bridgehead atoms. The quantitative estimate of drug-likeness (QED) is 0.712. The molecule has 0 atom stereocenters. The van der Waals surface area contributed by atoms with Crippen molar-refractivity contribution in [1.82, 2.24) is 25.2 Å². The van der Waals surface area contributed by atoms with Gasteiger partial charge in [-0.15, -0.1) is 5.10 Å². The monoisotopic (exact) mass is 252 g/mol. The van der Waals surface area contributed by atoms with Gasteiger partial charge in [0.05, 0.1) is 6.54 Å². The molecule has 6 heteroatoms. The summed E-state index contributed by atoms with van der Waals surface area (Å²) in [6.45, 7) is 0.583. The summed E-state index contributed by atoms with van der Waals surface area (Å²) in [6, 6.07) is 13.3. The lowest BCUT2D eigenvalue weighted by atomic mass is 10.2. The fourth-order valence-corrected chi connectivity index (χ4v) is 1.79. The normalized spacial score (nSPS) is 10.5. The van der Waals surface area contributed by atoms with Gasteiger partial charge in [0.2, 0.25) is 5.82 Å². The Morgan fingerprint density at radius 1 is 1.05 bits per heavy atom. The number of rotatable bonds is 3. The van der Waals surface area contributed by atoms with Crippen molar-refractivity contribution in [2.24, 2.45) is 0 Å². The van der Waals surface area contributed by atoms with Crippen LogP contribution in [0, 0.1) is 0 Å². The van der Waals surface area contributed by atoms with Crippen LogP contribution >= 0.6 is 0 Å². The third kappa shape index (κ3) is 2.42. The van der Waals surface area contributed by atoms with Crippen molar-refractivity contribution in [3.63, 3.8) is 0 Å². The lowest BCUT2D eigenvalue weighted by Gasteiger charge is -2.04. The molecule has 0 fully saturated rings. The van der Waals surface area contributed by atoms with Crippen LogP contribution in [0.15, 0.2) is 48.7 Å². The van der Waals surface area contributed by atoms with Crippen LogP contribution in [-0.2, 0) is 6.54 Å². The zero-order valence-corrected chi connectivity index (χ0v) is 10.1. The molecule has 0 spiro atoms. The maximum absolute atomic E-state index is 5.66. The van der Waals surface area contributed by atoms with Crippen molar-refractivity contribution < 1.29 is 0 Å². The van der Waals surface area contributed by atoms with E-state index in [-0.39, 0.29) is 0 Å². The van der Waals surface area contributed by atoms with Crippen molar-refractivity contribution in [3.8, 4) is 11.5 Å². The van der Waals surface area contributed by atoms with Crippen LogP contribution < -0.4 is 5.73 Å². The van der Waals surface area contributed by atoms with Gasteiger partial charge in [0.25, 0.3) is 0 Å². The maximum Gasteiger partial charge on any atom is 0.200 e. The highest BCUT2D eigenvalue weighted by atomic mass is 15.5. The summed E-state index contributed by atoms with van der Waals surface area (Å²) >= 11 is 0. The smallest absolute Gasteiger partial charge is 0.200 e. The molecule has 0 aliphatic rings. The van der Waals surface area contributed by atoms with E-state index in [9.17, 15) is 0 Å². The molecule has 0 aliphatic heterocycles. The molecule has 0 saturated carbocycles. The third-order valence-electron chi connectivity index (χ3n) is 2.74. The number of nitrogens with two attached hydrogens (primary N) is 1. The fraction of sp³-hybridized carbons (Fsp3) is 0.0769. The van der Waals surface area contributed by atoms with Crippen LogP contribution in [0.2, 0.25) is 0 Å². The van der Waals surface area contributed by atoms with E-state index in [0.29, 0.717) is 12.4 Å². The lowest BCUT2D eigenvalue weighted by molar-refractivity contribution is 0.652. The van der Waals surface area contributed by atoms with Crippen molar-refractivity contribution in [2.75, 3.05) is 5.73 Å². The van der Waals surface area contributed by atoms with E-state index in [0.717, 1.165) is 16.9 Å². The first-order valence-electron chi connectivity index (χ1n) is 5.85.